The molecule has 8 heteroatoms. The lowest BCUT2D eigenvalue weighted by molar-refractivity contribution is 0.153. The third-order valence-corrected chi connectivity index (χ3v) is 3.64. The lowest BCUT2D eigenvalue weighted by atomic mass is 10.3. The fourth-order valence-electron chi connectivity index (χ4n) is 2.42. The lowest BCUT2D eigenvalue weighted by Crippen LogP contribution is -2.21. The van der Waals surface area contributed by atoms with E-state index in [4.69, 9.17) is 9.47 Å². The molecule has 2 amide bonds. The van der Waals surface area contributed by atoms with Crippen LogP contribution in [0.1, 0.15) is 5.69 Å². The largest absolute Gasteiger partial charge is 0.447 e. The maximum absolute atomic E-state index is 12.1. The van der Waals surface area contributed by atoms with Crippen molar-refractivity contribution in [3.63, 3.8) is 0 Å². The molecule has 1 aromatic heterocycles. The molecule has 0 bridgehead atoms. The summed E-state index contributed by atoms with van der Waals surface area (Å²) in [6.45, 7) is 2.09. The molecule has 0 fully saturated rings. The van der Waals surface area contributed by atoms with Gasteiger partial charge in [-0.05, 0) is 31.2 Å². The number of para-hydroxylation sites is 2. The molecule has 0 aliphatic heterocycles. The summed E-state index contributed by atoms with van der Waals surface area (Å²) in [7, 11) is 0. The molecule has 0 aliphatic rings. The molecule has 0 saturated carbocycles. The van der Waals surface area contributed by atoms with E-state index in [2.05, 4.69) is 15.7 Å². The number of aryl methyl sites for hydroxylation is 1. The van der Waals surface area contributed by atoms with Crippen molar-refractivity contribution in [1.82, 2.24) is 9.78 Å². The average Bonchev–Trinajstić information content (AvgIpc) is 3.02. The van der Waals surface area contributed by atoms with Gasteiger partial charge in [0.1, 0.15) is 6.61 Å². The van der Waals surface area contributed by atoms with Crippen LogP contribution in [-0.2, 0) is 11.3 Å². The summed E-state index contributed by atoms with van der Waals surface area (Å²) in [5.41, 5.74) is 1.94. The molecule has 3 rings (SSSR count). The van der Waals surface area contributed by atoms with Crippen LogP contribution in [0, 0.1) is 6.92 Å². The third kappa shape index (κ3) is 5.60. The molecule has 0 atom stereocenters. The zero-order valence-electron chi connectivity index (χ0n) is 15.3. The van der Waals surface area contributed by atoms with Gasteiger partial charge in [-0.15, -0.1) is 0 Å². The highest BCUT2D eigenvalue weighted by Gasteiger charge is 2.12. The highest BCUT2D eigenvalue weighted by molar-refractivity contribution is 5.86. The minimum atomic E-state index is -0.630. The summed E-state index contributed by atoms with van der Waals surface area (Å²) in [5, 5.41) is 9.50. The van der Waals surface area contributed by atoms with Crippen LogP contribution in [0.2, 0.25) is 0 Å². The molecular formula is C20H20N4O4. The van der Waals surface area contributed by atoms with E-state index in [-0.39, 0.29) is 19.0 Å². The number of carbonyl (C=O) groups excluding carboxylic acids is 2. The van der Waals surface area contributed by atoms with Crippen LogP contribution in [0.3, 0.4) is 0 Å². The van der Waals surface area contributed by atoms with Gasteiger partial charge in [-0.3, -0.25) is 10.6 Å². The minimum absolute atomic E-state index is 0.0659. The zero-order valence-corrected chi connectivity index (χ0v) is 15.3. The van der Waals surface area contributed by atoms with Crippen molar-refractivity contribution in [1.29, 1.82) is 0 Å². The Labute approximate surface area is 162 Å². The first kappa shape index (κ1) is 19.0. The number of amides is 2. The molecule has 0 saturated heterocycles. The van der Waals surface area contributed by atoms with Gasteiger partial charge in [0.15, 0.2) is 0 Å². The van der Waals surface area contributed by atoms with Gasteiger partial charge in [-0.2, -0.15) is 5.10 Å². The predicted molar refractivity (Wildman–Crippen MR) is 104 cm³/mol. The summed E-state index contributed by atoms with van der Waals surface area (Å²) in [6, 6.07) is 19.6. The second-order valence-corrected chi connectivity index (χ2v) is 5.85. The monoisotopic (exact) mass is 380 g/mol. The minimum Gasteiger partial charge on any atom is -0.447 e. The van der Waals surface area contributed by atoms with Crippen molar-refractivity contribution in [2.24, 2.45) is 0 Å². The van der Waals surface area contributed by atoms with E-state index in [0.717, 1.165) is 0 Å². The Bertz CT molecular complexity index is 926. The number of carbonyl (C=O) groups is 2. The molecular weight excluding hydrogens is 360 g/mol. The number of nitrogens with zero attached hydrogens (tertiary/aromatic N) is 2. The van der Waals surface area contributed by atoms with Gasteiger partial charge >= 0.3 is 12.2 Å². The van der Waals surface area contributed by atoms with E-state index >= 15 is 0 Å². The Morgan fingerprint density at radius 2 is 1.50 bits per heavy atom. The number of benzene rings is 2. The van der Waals surface area contributed by atoms with Crippen LogP contribution in [0.4, 0.5) is 21.0 Å². The van der Waals surface area contributed by atoms with Crippen LogP contribution in [0.5, 0.6) is 5.88 Å². The van der Waals surface area contributed by atoms with E-state index in [1.54, 1.807) is 37.3 Å². The van der Waals surface area contributed by atoms with Gasteiger partial charge in [-0.1, -0.05) is 36.4 Å². The van der Waals surface area contributed by atoms with Crippen LogP contribution in [0.15, 0.2) is 66.7 Å². The molecule has 0 unspecified atom stereocenters. The number of aromatic nitrogens is 2. The quantitative estimate of drug-likeness (QED) is 0.673. The van der Waals surface area contributed by atoms with Crippen molar-refractivity contribution in [3.8, 4) is 5.88 Å². The average molecular weight is 380 g/mol. The second kappa shape index (κ2) is 9.22. The molecule has 1 heterocycles. The number of nitrogens with one attached hydrogen (secondary N) is 2. The van der Waals surface area contributed by atoms with Crippen LogP contribution in [-0.4, -0.2) is 28.6 Å². The Kier molecular flexibility index (Phi) is 6.25. The highest BCUT2D eigenvalue weighted by atomic mass is 16.6. The van der Waals surface area contributed by atoms with Crippen molar-refractivity contribution in [2.45, 2.75) is 13.5 Å². The van der Waals surface area contributed by atoms with Crippen LogP contribution in [0.25, 0.3) is 0 Å². The third-order valence-electron chi connectivity index (χ3n) is 3.64. The van der Waals surface area contributed by atoms with E-state index in [9.17, 15) is 9.59 Å². The summed E-state index contributed by atoms with van der Waals surface area (Å²) in [5.74, 6) is 0.262. The fourth-order valence-corrected chi connectivity index (χ4v) is 2.42. The van der Waals surface area contributed by atoms with Gasteiger partial charge in [0.2, 0.25) is 5.88 Å². The molecule has 0 spiro atoms. The first-order valence-electron chi connectivity index (χ1n) is 8.67. The topological polar surface area (TPSA) is 94.5 Å². The van der Waals surface area contributed by atoms with E-state index in [1.807, 2.05) is 36.4 Å². The first-order chi connectivity index (χ1) is 13.6. The van der Waals surface area contributed by atoms with Crippen molar-refractivity contribution in [2.75, 3.05) is 17.2 Å². The Balaban J connectivity index is 1.50. The standard InChI is InChI=1S/C20H20N4O4/c1-15-14-18(28-20(26)22-17-10-6-3-7-11-17)24(23-15)12-13-27-19(25)21-16-8-4-2-5-9-16/h2-11,14H,12-13H2,1H3,(H,21,25)(H,22,26). The van der Waals surface area contributed by atoms with E-state index < -0.39 is 12.2 Å². The number of ether oxygens (including phenoxy) is 2. The summed E-state index contributed by atoms with van der Waals surface area (Å²) < 4.78 is 11.9. The van der Waals surface area contributed by atoms with Gasteiger partial charge in [0.05, 0.1) is 12.2 Å². The predicted octanol–water partition coefficient (Wildman–Crippen LogP) is 4.05. The smallest absolute Gasteiger partial charge is 0.418 e. The highest BCUT2D eigenvalue weighted by Crippen LogP contribution is 2.15. The Morgan fingerprint density at radius 3 is 2.11 bits per heavy atom. The Hall–Kier alpha value is -3.81. The summed E-state index contributed by atoms with van der Waals surface area (Å²) in [6.07, 6.45) is -1.20. The maximum atomic E-state index is 12.1. The number of rotatable bonds is 6. The van der Waals surface area contributed by atoms with Gasteiger partial charge in [0, 0.05) is 17.4 Å². The Morgan fingerprint density at radius 1 is 0.929 bits per heavy atom. The first-order valence-corrected chi connectivity index (χ1v) is 8.67. The number of anilines is 2. The molecule has 3 aromatic rings. The van der Waals surface area contributed by atoms with E-state index in [1.165, 1.54) is 4.68 Å². The van der Waals surface area contributed by atoms with Crippen molar-refractivity contribution < 1.29 is 19.1 Å². The number of hydrogen-bond donors (Lipinski definition) is 2. The molecule has 8 nitrogen and oxygen atoms in total. The normalized spacial score (nSPS) is 10.2. The molecule has 0 aliphatic carbocycles. The van der Waals surface area contributed by atoms with E-state index in [0.29, 0.717) is 17.1 Å². The van der Waals surface area contributed by atoms with Gasteiger partial charge in [-0.25, -0.2) is 14.3 Å². The molecule has 2 aromatic carbocycles. The van der Waals surface area contributed by atoms with Crippen molar-refractivity contribution >= 4 is 23.6 Å². The fraction of sp³-hybridized carbons (Fsp3) is 0.150. The number of hydrogen-bond acceptors (Lipinski definition) is 5. The SMILES string of the molecule is Cc1cc(OC(=O)Nc2ccccc2)n(CCOC(=O)Nc2ccccc2)n1. The molecule has 0 radical (unpaired) electrons. The molecule has 2 N–H and O–H groups in total. The maximum Gasteiger partial charge on any atom is 0.418 e. The van der Waals surface area contributed by atoms with Crippen molar-refractivity contribution in [3.05, 3.63) is 72.4 Å². The lowest BCUT2D eigenvalue weighted by Gasteiger charge is -2.10. The van der Waals surface area contributed by atoms with Crippen LogP contribution < -0.4 is 15.4 Å². The second-order valence-electron chi connectivity index (χ2n) is 5.85. The van der Waals surface area contributed by atoms with Gasteiger partial charge < -0.3 is 9.47 Å². The zero-order chi connectivity index (χ0) is 19.8. The summed E-state index contributed by atoms with van der Waals surface area (Å²) >= 11 is 0. The van der Waals surface area contributed by atoms with Gasteiger partial charge in [0.25, 0.3) is 0 Å². The molecule has 28 heavy (non-hydrogen) atoms. The van der Waals surface area contributed by atoms with Crippen LogP contribution >= 0.6 is 0 Å². The summed E-state index contributed by atoms with van der Waals surface area (Å²) in [4.78, 5) is 23.9. The molecule has 144 valence electrons.